The SMILES string of the molecule is COC(=O)C(CN)C1CCC(C(C)(C)C)CC1. The number of rotatable bonds is 3. The van der Waals surface area contributed by atoms with Gasteiger partial charge in [-0.05, 0) is 42.9 Å². The van der Waals surface area contributed by atoms with Crippen molar-refractivity contribution in [1.82, 2.24) is 0 Å². The molecule has 1 unspecified atom stereocenters. The molecule has 0 aromatic carbocycles. The van der Waals surface area contributed by atoms with Gasteiger partial charge in [-0.2, -0.15) is 0 Å². The molecule has 0 amide bonds. The van der Waals surface area contributed by atoms with Crippen LogP contribution in [-0.2, 0) is 9.53 Å². The lowest BCUT2D eigenvalue weighted by Crippen LogP contribution is -2.36. The second-order valence-corrected chi connectivity index (χ2v) is 6.34. The lowest BCUT2D eigenvalue weighted by atomic mass is 9.67. The fourth-order valence-electron chi connectivity index (χ4n) is 3.02. The maximum atomic E-state index is 11.6. The molecule has 0 spiro atoms. The van der Waals surface area contributed by atoms with E-state index in [4.69, 9.17) is 10.5 Å². The molecule has 1 atom stereocenters. The summed E-state index contributed by atoms with van der Waals surface area (Å²) in [6.45, 7) is 7.33. The monoisotopic (exact) mass is 241 g/mol. The van der Waals surface area contributed by atoms with Crippen LogP contribution in [0.3, 0.4) is 0 Å². The third kappa shape index (κ3) is 3.70. The van der Waals surface area contributed by atoms with Crippen LogP contribution in [0.5, 0.6) is 0 Å². The van der Waals surface area contributed by atoms with Crippen LogP contribution < -0.4 is 5.73 Å². The molecular formula is C14H27NO2. The third-order valence-corrected chi connectivity index (χ3v) is 4.32. The van der Waals surface area contributed by atoms with Crippen molar-refractivity contribution < 1.29 is 9.53 Å². The first-order valence-corrected chi connectivity index (χ1v) is 6.68. The Bertz CT molecular complexity index is 249. The van der Waals surface area contributed by atoms with Gasteiger partial charge in [0.25, 0.3) is 0 Å². The van der Waals surface area contributed by atoms with Gasteiger partial charge in [0.1, 0.15) is 0 Å². The van der Waals surface area contributed by atoms with Crippen molar-refractivity contribution in [2.75, 3.05) is 13.7 Å². The van der Waals surface area contributed by atoms with E-state index in [2.05, 4.69) is 20.8 Å². The van der Waals surface area contributed by atoms with Crippen LogP contribution in [0.25, 0.3) is 0 Å². The number of methoxy groups -OCH3 is 1. The predicted molar refractivity (Wildman–Crippen MR) is 69.5 cm³/mol. The van der Waals surface area contributed by atoms with Gasteiger partial charge in [-0.3, -0.25) is 4.79 Å². The van der Waals surface area contributed by atoms with Crippen LogP contribution in [-0.4, -0.2) is 19.6 Å². The summed E-state index contributed by atoms with van der Waals surface area (Å²) in [6.07, 6.45) is 4.64. The average Bonchev–Trinajstić information content (AvgIpc) is 2.29. The predicted octanol–water partition coefficient (Wildman–Crippen LogP) is 2.59. The van der Waals surface area contributed by atoms with E-state index in [9.17, 15) is 4.79 Å². The van der Waals surface area contributed by atoms with Crippen molar-refractivity contribution in [2.45, 2.75) is 46.5 Å². The minimum absolute atomic E-state index is 0.0964. The van der Waals surface area contributed by atoms with Crippen molar-refractivity contribution in [3.63, 3.8) is 0 Å². The van der Waals surface area contributed by atoms with Gasteiger partial charge in [-0.15, -0.1) is 0 Å². The number of ether oxygens (including phenoxy) is 1. The lowest BCUT2D eigenvalue weighted by Gasteiger charge is -2.38. The van der Waals surface area contributed by atoms with Gasteiger partial charge in [0, 0.05) is 6.54 Å². The number of nitrogens with two attached hydrogens (primary N) is 1. The normalized spacial score (nSPS) is 27.6. The standard InChI is InChI=1S/C14H27NO2/c1-14(2,3)11-7-5-10(6-8-11)12(9-15)13(16)17-4/h10-12H,5-9,15H2,1-4H3. The summed E-state index contributed by atoms with van der Waals surface area (Å²) in [6, 6.07) is 0. The second-order valence-electron chi connectivity index (χ2n) is 6.34. The molecule has 0 saturated heterocycles. The highest BCUT2D eigenvalue weighted by Gasteiger charge is 2.35. The van der Waals surface area contributed by atoms with E-state index in [1.165, 1.54) is 20.0 Å². The fourth-order valence-corrected chi connectivity index (χ4v) is 3.02. The first kappa shape index (κ1) is 14.5. The van der Waals surface area contributed by atoms with Gasteiger partial charge in [0.15, 0.2) is 0 Å². The molecule has 3 heteroatoms. The first-order valence-electron chi connectivity index (χ1n) is 6.68. The average molecular weight is 241 g/mol. The Kier molecular flexibility index (Phi) is 4.99. The van der Waals surface area contributed by atoms with Crippen LogP contribution in [0.2, 0.25) is 0 Å². The molecule has 1 rings (SSSR count). The minimum atomic E-state index is -0.133. The molecule has 1 aliphatic rings. The summed E-state index contributed by atoms with van der Waals surface area (Å²) < 4.78 is 4.83. The topological polar surface area (TPSA) is 52.3 Å². The molecule has 0 aromatic heterocycles. The summed E-state index contributed by atoms with van der Waals surface area (Å²) >= 11 is 0. The van der Waals surface area contributed by atoms with Crippen molar-refractivity contribution in [2.24, 2.45) is 28.9 Å². The highest BCUT2D eigenvalue weighted by Crippen LogP contribution is 2.41. The number of esters is 1. The van der Waals surface area contributed by atoms with E-state index < -0.39 is 0 Å². The molecule has 17 heavy (non-hydrogen) atoms. The Morgan fingerprint density at radius 3 is 2.18 bits per heavy atom. The zero-order valence-corrected chi connectivity index (χ0v) is 11.7. The van der Waals surface area contributed by atoms with Crippen LogP contribution in [0.1, 0.15) is 46.5 Å². The van der Waals surface area contributed by atoms with Crippen molar-refractivity contribution in [3.05, 3.63) is 0 Å². The molecule has 0 bridgehead atoms. The van der Waals surface area contributed by atoms with E-state index in [0.29, 0.717) is 17.9 Å². The lowest BCUT2D eigenvalue weighted by molar-refractivity contribution is -0.147. The van der Waals surface area contributed by atoms with Crippen molar-refractivity contribution >= 4 is 5.97 Å². The Morgan fingerprint density at radius 2 is 1.82 bits per heavy atom. The maximum absolute atomic E-state index is 11.6. The summed E-state index contributed by atoms with van der Waals surface area (Å²) in [4.78, 5) is 11.6. The zero-order valence-electron chi connectivity index (χ0n) is 11.7. The van der Waals surface area contributed by atoms with Crippen LogP contribution in [0.4, 0.5) is 0 Å². The highest BCUT2D eigenvalue weighted by molar-refractivity contribution is 5.72. The summed E-state index contributed by atoms with van der Waals surface area (Å²) in [5.41, 5.74) is 6.08. The zero-order chi connectivity index (χ0) is 13.1. The quantitative estimate of drug-likeness (QED) is 0.773. The van der Waals surface area contributed by atoms with Gasteiger partial charge in [0.05, 0.1) is 13.0 Å². The summed E-state index contributed by atoms with van der Waals surface area (Å²) in [7, 11) is 1.45. The molecular weight excluding hydrogens is 214 g/mol. The Labute approximate surface area is 105 Å². The Hall–Kier alpha value is -0.570. The Morgan fingerprint density at radius 1 is 1.29 bits per heavy atom. The van der Waals surface area contributed by atoms with E-state index in [0.717, 1.165) is 18.8 Å². The molecule has 1 aliphatic carbocycles. The fraction of sp³-hybridized carbons (Fsp3) is 0.929. The van der Waals surface area contributed by atoms with Gasteiger partial charge in [-0.1, -0.05) is 20.8 Å². The Balaban J connectivity index is 2.53. The summed E-state index contributed by atoms with van der Waals surface area (Å²) in [5.74, 6) is 0.966. The largest absolute Gasteiger partial charge is 0.469 e. The smallest absolute Gasteiger partial charge is 0.310 e. The molecule has 1 fully saturated rings. The van der Waals surface area contributed by atoms with Gasteiger partial charge in [0.2, 0.25) is 0 Å². The van der Waals surface area contributed by atoms with Gasteiger partial charge >= 0.3 is 5.97 Å². The molecule has 0 radical (unpaired) electrons. The molecule has 1 saturated carbocycles. The third-order valence-electron chi connectivity index (χ3n) is 4.32. The second kappa shape index (κ2) is 5.85. The maximum Gasteiger partial charge on any atom is 0.310 e. The van der Waals surface area contributed by atoms with Crippen molar-refractivity contribution in [1.29, 1.82) is 0 Å². The van der Waals surface area contributed by atoms with E-state index in [-0.39, 0.29) is 11.9 Å². The van der Waals surface area contributed by atoms with Crippen molar-refractivity contribution in [3.8, 4) is 0 Å². The molecule has 2 N–H and O–H groups in total. The van der Waals surface area contributed by atoms with E-state index in [1.807, 2.05) is 0 Å². The number of hydrogen-bond acceptors (Lipinski definition) is 3. The van der Waals surface area contributed by atoms with Crippen LogP contribution in [0.15, 0.2) is 0 Å². The van der Waals surface area contributed by atoms with E-state index >= 15 is 0 Å². The molecule has 0 heterocycles. The number of carbonyl (C=O) groups excluding carboxylic acids is 1. The first-order chi connectivity index (χ1) is 7.90. The molecule has 0 aromatic rings. The minimum Gasteiger partial charge on any atom is -0.469 e. The highest BCUT2D eigenvalue weighted by atomic mass is 16.5. The molecule has 100 valence electrons. The van der Waals surface area contributed by atoms with Crippen LogP contribution >= 0.6 is 0 Å². The molecule has 0 aliphatic heterocycles. The van der Waals surface area contributed by atoms with E-state index in [1.54, 1.807) is 0 Å². The number of carbonyl (C=O) groups is 1. The van der Waals surface area contributed by atoms with Crippen LogP contribution in [0, 0.1) is 23.2 Å². The van der Waals surface area contributed by atoms with Gasteiger partial charge in [-0.25, -0.2) is 0 Å². The molecule has 3 nitrogen and oxygen atoms in total. The summed E-state index contributed by atoms with van der Waals surface area (Å²) in [5, 5.41) is 0. The van der Waals surface area contributed by atoms with Gasteiger partial charge < -0.3 is 10.5 Å². The number of hydrogen-bond donors (Lipinski definition) is 1.